The fourth-order valence-electron chi connectivity index (χ4n) is 1.63. The van der Waals surface area contributed by atoms with Gasteiger partial charge in [-0.25, -0.2) is 4.79 Å². The summed E-state index contributed by atoms with van der Waals surface area (Å²) >= 11 is 17.5. The molecular weight excluding hydrogens is 351 g/mol. The Hall–Kier alpha value is -1.62. The zero-order valence-electron chi connectivity index (χ0n) is 11.2. The summed E-state index contributed by atoms with van der Waals surface area (Å²) in [4.78, 5) is 11.7. The van der Waals surface area contributed by atoms with Crippen LogP contribution in [0.4, 0.5) is 0 Å². The molecular formula is C15H11Cl3O4. The molecule has 0 aliphatic carbocycles. The number of benzene rings is 2. The third kappa shape index (κ3) is 4.44. The monoisotopic (exact) mass is 360 g/mol. The van der Waals surface area contributed by atoms with Crippen molar-refractivity contribution in [3.05, 3.63) is 57.0 Å². The minimum absolute atomic E-state index is 0.0228. The van der Waals surface area contributed by atoms with Crippen molar-refractivity contribution in [2.24, 2.45) is 0 Å². The van der Waals surface area contributed by atoms with E-state index >= 15 is 0 Å². The maximum absolute atomic E-state index is 11.7. The highest BCUT2D eigenvalue weighted by Gasteiger charge is 2.11. The van der Waals surface area contributed by atoms with Crippen molar-refractivity contribution in [3.8, 4) is 11.5 Å². The van der Waals surface area contributed by atoms with Crippen LogP contribution in [-0.4, -0.2) is 24.3 Å². The van der Waals surface area contributed by atoms with Gasteiger partial charge in [-0.05, 0) is 24.3 Å². The van der Waals surface area contributed by atoms with Crippen LogP contribution in [0, 0.1) is 0 Å². The molecule has 2 aromatic rings. The molecule has 0 heterocycles. The van der Waals surface area contributed by atoms with Gasteiger partial charge in [-0.15, -0.1) is 0 Å². The van der Waals surface area contributed by atoms with Crippen molar-refractivity contribution < 1.29 is 19.4 Å². The molecule has 0 aromatic heterocycles. The van der Waals surface area contributed by atoms with Crippen LogP contribution >= 0.6 is 34.8 Å². The van der Waals surface area contributed by atoms with Crippen LogP contribution in [-0.2, 0) is 4.74 Å². The Morgan fingerprint density at radius 3 is 2.18 bits per heavy atom. The summed E-state index contributed by atoms with van der Waals surface area (Å²) in [6.07, 6.45) is 0. The van der Waals surface area contributed by atoms with Gasteiger partial charge in [0, 0.05) is 17.2 Å². The predicted octanol–water partition coefficient (Wildman–Crippen LogP) is 4.59. The van der Waals surface area contributed by atoms with E-state index in [1.54, 1.807) is 24.3 Å². The molecule has 0 radical (unpaired) electrons. The van der Waals surface area contributed by atoms with Gasteiger partial charge in [-0.3, -0.25) is 0 Å². The summed E-state index contributed by atoms with van der Waals surface area (Å²) in [5.74, 6) is -0.316. The third-order valence-electron chi connectivity index (χ3n) is 2.63. The largest absolute Gasteiger partial charge is 0.508 e. The number of halogens is 3. The second kappa shape index (κ2) is 7.58. The van der Waals surface area contributed by atoms with E-state index in [2.05, 4.69) is 0 Å². The molecule has 0 aliphatic heterocycles. The summed E-state index contributed by atoms with van der Waals surface area (Å²) in [6.45, 7) is 0.0958. The maximum atomic E-state index is 11.7. The van der Waals surface area contributed by atoms with E-state index in [-0.39, 0.29) is 34.8 Å². The molecule has 2 aromatic carbocycles. The molecule has 1 N–H and O–H groups in total. The molecule has 22 heavy (non-hydrogen) atoms. The number of carbonyl (C=O) groups is 1. The normalized spacial score (nSPS) is 10.3. The quantitative estimate of drug-likeness (QED) is 0.625. The van der Waals surface area contributed by atoms with E-state index in [0.29, 0.717) is 10.6 Å². The Kier molecular flexibility index (Phi) is 5.77. The fraction of sp³-hybridized carbons (Fsp3) is 0.133. The molecule has 0 saturated heterocycles. The van der Waals surface area contributed by atoms with Gasteiger partial charge in [0.1, 0.15) is 19.0 Å². The lowest BCUT2D eigenvalue weighted by atomic mass is 10.2. The van der Waals surface area contributed by atoms with Crippen molar-refractivity contribution in [3.63, 3.8) is 0 Å². The summed E-state index contributed by atoms with van der Waals surface area (Å²) in [5, 5.41) is 10.2. The smallest absolute Gasteiger partial charge is 0.338 e. The standard InChI is InChI=1S/C15H11Cl3O4/c16-10-3-1-9(2-4-10)15(20)22-6-5-21-14-12(17)7-11(19)8-13(14)18/h1-4,7-8,19H,5-6H2. The molecule has 0 amide bonds. The van der Waals surface area contributed by atoms with E-state index in [9.17, 15) is 9.90 Å². The van der Waals surface area contributed by atoms with Crippen LogP contribution in [0.25, 0.3) is 0 Å². The first-order chi connectivity index (χ1) is 10.5. The lowest BCUT2D eigenvalue weighted by Crippen LogP contribution is -2.12. The highest BCUT2D eigenvalue weighted by molar-refractivity contribution is 6.37. The fourth-order valence-corrected chi connectivity index (χ4v) is 2.34. The van der Waals surface area contributed by atoms with Gasteiger partial charge in [0.2, 0.25) is 0 Å². The van der Waals surface area contributed by atoms with E-state index in [1.807, 2.05) is 0 Å². The highest BCUT2D eigenvalue weighted by atomic mass is 35.5. The maximum Gasteiger partial charge on any atom is 0.338 e. The number of ether oxygens (including phenoxy) is 2. The zero-order chi connectivity index (χ0) is 16.1. The number of esters is 1. The van der Waals surface area contributed by atoms with Gasteiger partial charge < -0.3 is 14.6 Å². The first-order valence-electron chi connectivity index (χ1n) is 6.21. The molecule has 0 saturated carbocycles. The Morgan fingerprint density at radius 1 is 1.00 bits per heavy atom. The lowest BCUT2D eigenvalue weighted by Gasteiger charge is -2.10. The summed E-state index contributed by atoms with van der Waals surface area (Å²) in [5.41, 5.74) is 0.394. The van der Waals surface area contributed by atoms with E-state index in [1.165, 1.54) is 12.1 Å². The molecule has 4 nitrogen and oxygen atoms in total. The van der Waals surface area contributed by atoms with Crippen molar-refractivity contribution in [2.45, 2.75) is 0 Å². The molecule has 116 valence electrons. The average molecular weight is 362 g/mol. The van der Waals surface area contributed by atoms with E-state index < -0.39 is 5.97 Å². The second-order valence-electron chi connectivity index (χ2n) is 4.23. The van der Waals surface area contributed by atoms with Crippen molar-refractivity contribution >= 4 is 40.8 Å². The van der Waals surface area contributed by atoms with Gasteiger partial charge in [0.25, 0.3) is 0 Å². The molecule has 7 heteroatoms. The number of phenolic OH excluding ortho intramolecular Hbond substituents is 1. The SMILES string of the molecule is O=C(OCCOc1c(Cl)cc(O)cc1Cl)c1ccc(Cl)cc1. The van der Waals surface area contributed by atoms with Crippen molar-refractivity contribution in [2.75, 3.05) is 13.2 Å². The number of phenols is 1. The summed E-state index contributed by atoms with van der Waals surface area (Å²) in [7, 11) is 0. The predicted molar refractivity (Wildman–Crippen MR) is 85.4 cm³/mol. The minimum Gasteiger partial charge on any atom is -0.508 e. The molecule has 0 unspecified atom stereocenters. The summed E-state index contributed by atoms with van der Waals surface area (Å²) < 4.78 is 10.4. The molecule has 2 rings (SSSR count). The van der Waals surface area contributed by atoms with Gasteiger partial charge in [0.15, 0.2) is 5.75 Å². The minimum atomic E-state index is -0.483. The topological polar surface area (TPSA) is 55.8 Å². The molecule has 0 atom stereocenters. The Morgan fingerprint density at radius 2 is 1.59 bits per heavy atom. The number of hydrogen-bond acceptors (Lipinski definition) is 4. The van der Waals surface area contributed by atoms with Gasteiger partial charge in [-0.2, -0.15) is 0 Å². The van der Waals surface area contributed by atoms with Gasteiger partial charge >= 0.3 is 5.97 Å². The second-order valence-corrected chi connectivity index (χ2v) is 5.48. The first-order valence-corrected chi connectivity index (χ1v) is 7.34. The molecule has 0 bridgehead atoms. The van der Waals surface area contributed by atoms with Gasteiger partial charge in [-0.1, -0.05) is 34.8 Å². The third-order valence-corrected chi connectivity index (χ3v) is 3.44. The number of hydrogen-bond donors (Lipinski definition) is 1. The highest BCUT2D eigenvalue weighted by Crippen LogP contribution is 2.36. The van der Waals surface area contributed by atoms with Crippen LogP contribution < -0.4 is 4.74 Å². The molecule has 0 spiro atoms. The average Bonchev–Trinajstić information content (AvgIpc) is 2.46. The Labute approximate surface area is 142 Å². The van der Waals surface area contributed by atoms with E-state index in [4.69, 9.17) is 44.3 Å². The van der Waals surface area contributed by atoms with Crippen LogP contribution in [0.5, 0.6) is 11.5 Å². The zero-order valence-corrected chi connectivity index (χ0v) is 13.5. The molecule has 0 aliphatic rings. The van der Waals surface area contributed by atoms with Crippen LogP contribution in [0.15, 0.2) is 36.4 Å². The first kappa shape index (κ1) is 16.7. The van der Waals surface area contributed by atoms with Crippen molar-refractivity contribution in [1.82, 2.24) is 0 Å². The Balaban J connectivity index is 1.85. The van der Waals surface area contributed by atoms with Crippen LogP contribution in [0.2, 0.25) is 15.1 Å². The van der Waals surface area contributed by atoms with Crippen LogP contribution in [0.1, 0.15) is 10.4 Å². The summed E-state index contributed by atoms with van der Waals surface area (Å²) in [6, 6.07) is 8.96. The molecule has 0 fully saturated rings. The lowest BCUT2D eigenvalue weighted by molar-refractivity contribution is 0.0450. The number of carbonyl (C=O) groups excluding carboxylic acids is 1. The Bertz CT molecular complexity index is 648. The van der Waals surface area contributed by atoms with Crippen LogP contribution in [0.3, 0.4) is 0 Å². The number of rotatable bonds is 5. The van der Waals surface area contributed by atoms with Gasteiger partial charge in [0.05, 0.1) is 15.6 Å². The van der Waals surface area contributed by atoms with E-state index in [0.717, 1.165) is 0 Å². The van der Waals surface area contributed by atoms with Crippen molar-refractivity contribution in [1.29, 1.82) is 0 Å². The number of aromatic hydroxyl groups is 1.